The first kappa shape index (κ1) is 24.7. The highest BCUT2D eigenvalue weighted by molar-refractivity contribution is 8.27. The number of nitrogens with one attached hydrogen (secondary N) is 1. The van der Waals surface area contributed by atoms with Crippen LogP contribution in [0.15, 0.2) is 64.3 Å². The smallest absolute Gasteiger partial charge is 0.283 e. The van der Waals surface area contributed by atoms with Crippen LogP contribution < -0.4 is 4.74 Å². The van der Waals surface area contributed by atoms with Crippen LogP contribution in [0.1, 0.15) is 48.8 Å². The van der Waals surface area contributed by atoms with Gasteiger partial charge in [-0.25, -0.2) is 0 Å². The molecular weight excluding hydrogens is 494 g/mol. The predicted molar refractivity (Wildman–Crippen MR) is 155 cm³/mol. The number of amidine groups is 2. The van der Waals surface area contributed by atoms with Crippen molar-refractivity contribution in [1.29, 1.82) is 5.41 Å². The highest BCUT2D eigenvalue weighted by Crippen LogP contribution is 2.36. The molecule has 7 nitrogen and oxygen atoms in total. The quantitative estimate of drug-likeness (QED) is 0.371. The molecule has 3 aromatic rings. The van der Waals surface area contributed by atoms with E-state index < -0.39 is 0 Å². The molecule has 2 aromatic carbocycles. The van der Waals surface area contributed by atoms with Crippen LogP contribution in [-0.2, 0) is 11.3 Å². The fourth-order valence-corrected chi connectivity index (χ4v) is 6.38. The summed E-state index contributed by atoms with van der Waals surface area (Å²) in [6, 6.07) is 14.2. The average molecular weight is 526 g/mol. The number of benzene rings is 2. The lowest BCUT2D eigenvalue weighted by Crippen LogP contribution is -2.35. The predicted octanol–water partition coefficient (Wildman–Crippen LogP) is 6.54. The fraction of sp³-hybridized carbons (Fsp3) is 0.333. The van der Waals surface area contributed by atoms with Gasteiger partial charge in [0.1, 0.15) is 17.4 Å². The lowest BCUT2D eigenvalue weighted by molar-refractivity contribution is -0.114. The van der Waals surface area contributed by atoms with Crippen LogP contribution in [0.5, 0.6) is 5.75 Å². The van der Waals surface area contributed by atoms with Gasteiger partial charge in [-0.2, -0.15) is 15.1 Å². The van der Waals surface area contributed by atoms with Gasteiger partial charge in [0.15, 0.2) is 5.84 Å². The topological polar surface area (TPSA) is 83.0 Å². The zero-order chi connectivity index (χ0) is 26.2. The summed E-state index contributed by atoms with van der Waals surface area (Å²) in [6.45, 7) is 5.35. The third kappa shape index (κ3) is 4.69. The molecule has 8 heteroatoms. The highest BCUT2D eigenvalue weighted by Gasteiger charge is 2.38. The number of carbonyl (C=O) groups is 1. The fourth-order valence-electron chi connectivity index (χ4n) is 5.32. The number of hydrazone groups is 1. The Morgan fingerprint density at radius 1 is 1.11 bits per heavy atom. The Kier molecular flexibility index (Phi) is 6.66. The summed E-state index contributed by atoms with van der Waals surface area (Å²) in [5.74, 6) is 0.969. The van der Waals surface area contributed by atoms with E-state index in [4.69, 9.17) is 15.2 Å². The monoisotopic (exact) mass is 525 g/mol. The molecule has 194 valence electrons. The number of para-hydroxylation sites is 1. The SMILES string of the molecule is Cc1ccc(OCCn2cc(/C=C3\C(=N)N4N=C(C5CCCCC5)SC4=NC3=O)c3ccccc32)cc1C. The van der Waals surface area contributed by atoms with E-state index in [-0.39, 0.29) is 17.3 Å². The van der Waals surface area contributed by atoms with Gasteiger partial charge in [-0.1, -0.05) is 43.5 Å². The number of nitrogens with zero attached hydrogens (tertiary/aromatic N) is 4. The van der Waals surface area contributed by atoms with Crippen molar-refractivity contribution in [2.24, 2.45) is 16.0 Å². The van der Waals surface area contributed by atoms with E-state index in [9.17, 15) is 4.79 Å². The zero-order valence-electron chi connectivity index (χ0n) is 21.7. The number of aryl methyl sites for hydroxylation is 2. The Morgan fingerprint density at radius 2 is 1.92 bits per heavy atom. The number of carbonyl (C=O) groups excluding carboxylic acids is 1. The van der Waals surface area contributed by atoms with Crippen LogP contribution in [0.25, 0.3) is 17.0 Å². The van der Waals surface area contributed by atoms with Gasteiger partial charge < -0.3 is 9.30 Å². The van der Waals surface area contributed by atoms with Gasteiger partial charge in [0.05, 0.1) is 12.1 Å². The third-order valence-electron chi connectivity index (χ3n) is 7.62. The van der Waals surface area contributed by atoms with Crippen molar-refractivity contribution in [1.82, 2.24) is 9.58 Å². The molecule has 1 aromatic heterocycles. The van der Waals surface area contributed by atoms with Crippen molar-refractivity contribution in [2.45, 2.75) is 52.5 Å². The maximum atomic E-state index is 13.0. The Hall–Kier alpha value is -3.65. The molecule has 0 bridgehead atoms. The average Bonchev–Trinajstić information content (AvgIpc) is 3.51. The van der Waals surface area contributed by atoms with Crippen LogP contribution in [0, 0.1) is 25.2 Å². The molecule has 0 radical (unpaired) electrons. The molecule has 0 unspecified atom stereocenters. The normalized spacial score (nSPS) is 19.2. The van der Waals surface area contributed by atoms with E-state index in [1.165, 1.54) is 42.2 Å². The van der Waals surface area contributed by atoms with Crippen LogP contribution in [0.4, 0.5) is 0 Å². The van der Waals surface area contributed by atoms with E-state index in [1.54, 1.807) is 11.1 Å². The van der Waals surface area contributed by atoms with E-state index in [2.05, 4.69) is 41.6 Å². The van der Waals surface area contributed by atoms with Crippen molar-refractivity contribution >= 4 is 50.7 Å². The van der Waals surface area contributed by atoms with Gasteiger partial charge in [-0.15, -0.1) is 0 Å². The number of rotatable bonds is 6. The molecule has 0 spiro atoms. The second-order valence-electron chi connectivity index (χ2n) is 10.2. The Balaban J connectivity index is 1.25. The number of hydrogen-bond donors (Lipinski definition) is 1. The molecule has 1 fully saturated rings. The second-order valence-corrected chi connectivity index (χ2v) is 11.2. The molecule has 1 aliphatic carbocycles. The number of ether oxygens (including phenoxy) is 1. The number of hydrogen-bond acceptors (Lipinski definition) is 5. The summed E-state index contributed by atoms with van der Waals surface area (Å²) in [4.78, 5) is 17.4. The summed E-state index contributed by atoms with van der Waals surface area (Å²) in [6.07, 6.45) is 9.72. The largest absolute Gasteiger partial charge is 0.492 e. The first-order valence-corrected chi connectivity index (χ1v) is 14.1. The maximum Gasteiger partial charge on any atom is 0.283 e. The summed E-state index contributed by atoms with van der Waals surface area (Å²) in [5, 5.41) is 17.6. The van der Waals surface area contributed by atoms with Gasteiger partial charge in [-0.3, -0.25) is 10.2 Å². The Bertz CT molecular complexity index is 1530. The summed E-state index contributed by atoms with van der Waals surface area (Å²) in [5.41, 5.74) is 4.64. The molecular formula is C30H31N5O2S. The Labute approximate surface area is 226 Å². The van der Waals surface area contributed by atoms with E-state index in [0.717, 1.165) is 40.1 Å². The van der Waals surface area contributed by atoms with Crippen molar-refractivity contribution in [3.63, 3.8) is 0 Å². The maximum absolute atomic E-state index is 13.0. The molecule has 3 heterocycles. The minimum Gasteiger partial charge on any atom is -0.492 e. The van der Waals surface area contributed by atoms with Crippen molar-refractivity contribution in [3.05, 3.63) is 70.9 Å². The molecule has 1 N–H and O–H groups in total. The molecule has 3 aliphatic rings. The molecule has 0 saturated heterocycles. The molecule has 6 rings (SSSR count). The third-order valence-corrected chi connectivity index (χ3v) is 8.69. The van der Waals surface area contributed by atoms with E-state index in [1.807, 2.05) is 30.5 Å². The molecule has 1 saturated carbocycles. The molecule has 1 amide bonds. The summed E-state index contributed by atoms with van der Waals surface area (Å²) in [7, 11) is 0. The number of aromatic nitrogens is 1. The lowest BCUT2D eigenvalue weighted by atomic mass is 9.90. The standard InChI is InChI=1S/C30H31N5O2S/c1-19-12-13-23(16-20(19)2)37-15-14-34-18-22(24-10-6-7-11-26(24)34)17-25-27(31)35-30(32-28(25)36)38-29(33-35)21-8-4-3-5-9-21/h6-7,10-13,16-18,21,31H,3-5,8-9,14-15H2,1-2H3/b25-17+,31-27?. The van der Waals surface area contributed by atoms with E-state index >= 15 is 0 Å². The molecule has 38 heavy (non-hydrogen) atoms. The number of aliphatic imine (C=N–C) groups is 1. The first-order chi connectivity index (χ1) is 18.5. The van der Waals surface area contributed by atoms with E-state index in [0.29, 0.717) is 24.2 Å². The van der Waals surface area contributed by atoms with Crippen molar-refractivity contribution in [2.75, 3.05) is 6.61 Å². The van der Waals surface area contributed by atoms with Crippen LogP contribution in [0.2, 0.25) is 0 Å². The highest BCUT2D eigenvalue weighted by atomic mass is 32.2. The molecule has 2 aliphatic heterocycles. The minimum absolute atomic E-state index is 0.0909. The van der Waals surface area contributed by atoms with Gasteiger partial charge >= 0.3 is 0 Å². The van der Waals surface area contributed by atoms with Gasteiger partial charge in [0.2, 0.25) is 5.17 Å². The number of thioether (sulfide) groups is 1. The van der Waals surface area contributed by atoms with Gasteiger partial charge in [0, 0.05) is 28.6 Å². The van der Waals surface area contributed by atoms with Crippen molar-refractivity contribution in [3.8, 4) is 5.75 Å². The van der Waals surface area contributed by atoms with Crippen LogP contribution >= 0.6 is 11.8 Å². The lowest BCUT2D eigenvalue weighted by Gasteiger charge is -2.20. The summed E-state index contributed by atoms with van der Waals surface area (Å²) < 4.78 is 8.17. The first-order valence-electron chi connectivity index (χ1n) is 13.3. The second kappa shape index (κ2) is 10.3. The Morgan fingerprint density at radius 3 is 2.74 bits per heavy atom. The zero-order valence-corrected chi connectivity index (χ0v) is 22.6. The minimum atomic E-state index is -0.385. The van der Waals surface area contributed by atoms with Gasteiger partial charge in [0.25, 0.3) is 5.91 Å². The van der Waals surface area contributed by atoms with Crippen molar-refractivity contribution < 1.29 is 9.53 Å². The number of fused-ring (bicyclic) bond motifs is 2. The number of amides is 1. The summed E-state index contributed by atoms with van der Waals surface area (Å²) >= 11 is 1.45. The van der Waals surface area contributed by atoms with Crippen LogP contribution in [-0.4, -0.2) is 38.1 Å². The molecule has 0 atom stereocenters. The van der Waals surface area contributed by atoms with Crippen LogP contribution in [0.3, 0.4) is 0 Å². The van der Waals surface area contributed by atoms with Gasteiger partial charge in [-0.05, 0) is 73.9 Å².